The number of anilines is 2. The van der Waals surface area contributed by atoms with Gasteiger partial charge in [-0.25, -0.2) is 0 Å². The molecule has 3 N–H and O–H groups in total. The van der Waals surface area contributed by atoms with Crippen molar-refractivity contribution < 1.29 is 19.0 Å². The van der Waals surface area contributed by atoms with E-state index in [0.29, 0.717) is 54.1 Å². The molecule has 4 rings (SSSR count). The molecule has 0 saturated carbocycles. The molecule has 144 valence electrons. The van der Waals surface area contributed by atoms with E-state index in [2.05, 4.69) is 15.6 Å². The van der Waals surface area contributed by atoms with E-state index in [9.17, 15) is 4.79 Å². The van der Waals surface area contributed by atoms with Crippen LogP contribution in [0.25, 0.3) is 0 Å². The third-order valence-corrected chi connectivity index (χ3v) is 5.23. The molecule has 0 aliphatic carbocycles. The number of amides is 1. The van der Waals surface area contributed by atoms with Gasteiger partial charge in [-0.05, 0) is 18.6 Å². The molecular formula is C19H22ClN3O4. The molecule has 1 fully saturated rings. The van der Waals surface area contributed by atoms with Gasteiger partial charge in [-0.2, -0.15) is 0 Å². The molecule has 7 nitrogen and oxygen atoms in total. The minimum Gasteiger partial charge on any atom is -0.493 e. The third kappa shape index (κ3) is 3.63. The van der Waals surface area contributed by atoms with Crippen LogP contribution in [0, 0.1) is 0 Å². The van der Waals surface area contributed by atoms with Crippen LogP contribution < -0.4 is 15.4 Å². The van der Waals surface area contributed by atoms with Crippen molar-refractivity contribution in [2.24, 2.45) is 0 Å². The summed E-state index contributed by atoms with van der Waals surface area (Å²) in [6.45, 7) is 2.42. The zero-order chi connectivity index (χ0) is 18.8. The number of para-hydroxylation sites is 1. The molecule has 1 aromatic carbocycles. The third-order valence-electron chi connectivity index (χ3n) is 4.93. The molecule has 8 heteroatoms. The number of benzene rings is 1. The summed E-state index contributed by atoms with van der Waals surface area (Å²) < 4.78 is 16.6. The minimum absolute atomic E-state index is 0.0411. The topological polar surface area (TPSA) is 84.6 Å². The van der Waals surface area contributed by atoms with E-state index in [-0.39, 0.29) is 17.9 Å². The van der Waals surface area contributed by atoms with Crippen LogP contribution in [0.4, 0.5) is 11.4 Å². The second kappa shape index (κ2) is 7.80. The Bertz CT molecular complexity index is 832. The van der Waals surface area contributed by atoms with Crippen LogP contribution in [0.5, 0.6) is 5.75 Å². The number of rotatable bonds is 5. The zero-order valence-corrected chi connectivity index (χ0v) is 15.8. The lowest BCUT2D eigenvalue weighted by atomic mass is 9.91. The van der Waals surface area contributed by atoms with Gasteiger partial charge in [-0.3, -0.25) is 4.79 Å². The van der Waals surface area contributed by atoms with E-state index in [1.165, 1.54) is 0 Å². The van der Waals surface area contributed by atoms with Crippen molar-refractivity contribution in [1.82, 2.24) is 10.3 Å². The molecule has 2 atom stereocenters. The van der Waals surface area contributed by atoms with Crippen LogP contribution >= 0.6 is 11.6 Å². The average molecular weight is 392 g/mol. The fourth-order valence-corrected chi connectivity index (χ4v) is 3.91. The monoisotopic (exact) mass is 391 g/mol. The minimum atomic E-state index is -0.105. The first kappa shape index (κ1) is 18.2. The van der Waals surface area contributed by atoms with Gasteiger partial charge in [0.15, 0.2) is 5.75 Å². The van der Waals surface area contributed by atoms with Gasteiger partial charge in [-0.15, -0.1) is 0 Å². The number of carbonyl (C=O) groups excluding carboxylic acids is 1. The van der Waals surface area contributed by atoms with Gasteiger partial charge in [0.2, 0.25) is 0 Å². The maximum atomic E-state index is 12.5. The van der Waals surface area contributed by atoms with Gasteiger partial charge in [0.05, 0.1) is 55.0 Å². The number of carbonyl (C=O) groups is 1. The van der Waals surface area contributed by atoms with Crippen molar-refractivity contribution in [1.29, 1.82) is 0 Å². The molecule has 1 aromatic heterocycles. The Kier molecular flexibility index (Phi) is 5.24. The molecule has 1 unspecified atom stereocenters. The molecule has 0 radical (unpaired) electrons. The Hall–Kier alpha value is -2.22. The number of fused-ring (bicyclic) bond motifs is 1. The fraction of sp³-hybridized carbons (Fsp3) is 0.421. The van der Waals surface area contributed by atoms with Crippen molar-refractivity contribution in [3.05, 3.63) is 40.7 Å². The van der Waals surface area contributed by atoms with Crippen molar-refractivity contribution in [2.45, 2.75) is 18.4 Å². The fourth-order valence-electron chi connectivity index (χ4n) is 3.66. The Morgan fingerprint density at radius 1 is 1.33 bits per heavy atom. The normalized spacial score (nSPS) is 22.1. The van der Waals surface area contributed by atoms with E-state index >= 15 is 0 Å². The summed E-state index contributed by atoms with van der Waals surface area (Å²) in [6.07, 6.45) is 2.63. The molecule has 2 aromatic rings. The zero-order valence-electron chi connectivity index (χ0n) is 15.0. The van der Waals surface area contributed by atoms with Crippen LogP contribution in [-0.2, 0) is 9.47 Å². The highest BCUT2D eigenvalue weighted by Crippen LogP contribution is 2.38. The summed E-state index contributed by atoms with van der Waals surface area (Å²) >= 11 is 6.20. The predicted octanol–water partition coefficient (Wildman–Crippen LogP) is 3.05. The maximum absolute atomic E-state index is 12.5. The van der Waals surface area contributed by atoms with E-state index in [1.54, 1.807) is 19.4 Å². The first-order chi connectivity index (χ1) is 13.2. The highest BCUT2D eigenvalue weighted by Gasteiger charge is 2.32. The molecular weight excluding hydrogens is 370 g/mol. The summed E-state index contributed by atoms with van der Waals surface area (Å²) in [5, 5.41) is 6.75. The van der Waals surface area contributed by atoms with Crippen LogP contribution in [0.2, 0.25) is 5.02 Å². The molecule has 0 spiro atoms. The highest BCUT2D eigenvalue weighted by atomic mass is 35.5. The Labute approximate surface area is 162 Å². The van der Waals surface area contributed by atoms with E-state index in [1.807, 2.05) is 12.1 Å². The molecule has 2 aliphatic heterocycles. The van der Waals surface area contributed by atoms with Crippen LogP contribution in [-0.4, -0.2) is 50.5 Å². The number of aromatic nitrogens is 1. The standard InChI is InChI=1S/C19H22ClN3O4/c1-25-18-13(20)3-2-4-14(18)23-15-9-21-17-11(8-22-19(24)16(15)17)7-12-10-26-5-6-27-12/h2-4,9,11-12,21,23H,5-8,10H2,1H3,(H,22,24)/t11?,12-/m1/s1. The Morgan fingerprint density at radius 3 is 3.00 bits per heavy atom. The summed E-state index contributed by atoms with van der Waals surface area (Å²) in [7, 11) is 1.56. The quantitative estimate of drug-likeness (QED) is 0.729. The molecule has 0 bridgehead atoms. The second-order valence-electron chi connectivity index (χ2n) is 6.65. The van der Waals surface area contributed by atoms with Crippen molar-refractivity contribution in [3.8, 4) is 5.75 Å². The molecule has 2 aliphatic rings. The predicted molar refractivity (Wildman–Crippen MR) is 102 cm³/mol. The summed E-state index contributed by atoms with van der Waals surface area (Å²) in [4.78, 5) is 15.8. The van der Waals surface area contributed by atoms with Crippen molar-refractivity contribution in [2.75, 3.05) is 38.8 Å². The lowest BCUT2D eigenvalue weighted by molar-refractivity contribution is -0.0928. The number of hydrogen-bond acceptors (Lipinski definition) is 5. The summed E-state index contributed by atoms with van der Waals surface area (Å²) in [5.74, 6) is 0.572. The first-order valence-corrected chi connectivity index (χ1v) is 9.33. The number of hydrogen-bond donors (Lipinski definition) is 3. The number of halogens is 1. The van der Waals surface area contributed by atoms with Crippen LogP contribution in [0.1, 0.15) is 28.4 Å². The maximum Gasteiger partial charge on any atom is 0.255 e. The summed E-state index contributed by atoms with van der Waals surface area (Å²) in [5.41, 5.74) is 2.92. The average Bonchev–Trinajstić information content (AvgIpc) is 3.10. The van der Waals surface area contributed by atoms with Crippen molar-refractivity contribution in [3.63, 3.8) is 0 Å². The number of nitrogens with one attached hydrogen (secondary N) is 3. The van der Waals surface area contributed by atoms with E-state index in [0.717, 1.165) is 12.1 Å². The van der Waals surface area contributed by atoms with Gasteiger partial charge < -0.3 is 29.8 Å². The lowest BCUT2D eigenvalue weighted by Gasteiger charge is -2.29. The van der Waals surface area contributed by atoms with Gasteiger partial charge in [0, 0.05) is 24.4 Å². The number of aromatic amines is 1. The van der Waals surface area contributed by atoms with Gasteiger partial charge in [0.1, 0.15) is 0 Å². The van der Waals surface area contributed by atoms with Crippen LogP contribution in [0.15, 0.2) is 24.4 Å². The number of H-pyrrole nitrogens is 1. The molecule has 1 amide bonds. The molecule has 1 saturated heterocycles. The Morgan fingerprint density at radius 2 is 2.22 bits per heavy atom. The lowest BCUT2D eigenvalue weighted by Crippen LogP contribution is -2.38. The largest absolute Gasteiger partial charge is 0.493 e. The Balaban J connectivity index is 1.60. The van der Waals surface area contributed by atoms with Gasteiger partial charge >= 0.3 is 0 Å². The number of ether oxygens (including phenoxy) is 3. The molecule has 3 heterocycles. The summed E-state index contributed by atoms with van der Waals surface area (Å²) in [6, 6.07) is 5.44. The number of methoxy groups -OCH3 is 1. The van der Waals surface area contributed by atoms with Crippen LogP contribution in [0.3, 0.4) is 0 Å². The van der Waals surface area contributed by atoms with E-state index in [4.69, 9.17) is 25.8 Å². The van der Waals surface area contributed by atoms with Gasteiger partial charge in [0.25, 0.3) is 5.91 Å². The van der Waals surface area contributed by atoms with Crippen molar-refractivity contribution >= 4 is 28.9 Å². The van der Waals surface area contributed by atoms with Gasteiger partial charge in [-0.1, -0.05) is 17.7 Å². The van der Waals surface area contributed by atoms with E-state index < -0.39 is 0 Å². The first-order valence-electron chi connectivity index (χ1n) is 8.95. The SMILES string of the molecule is COc1c(Cl)cccc1Nc1c[nH]c2c1C(=O)NCC2C[C@@H]1COCCO1. The highest BCUT2D eigenvalue weighted by molar-refractivity contribution is 6.32. The second-order valence-corrected chi connectivity index (χ2v) is 7.05. The smallest absolute Gasteiger partial charge is 0.255 e. The molecule has 27 heavy (non-hydrogen) atoms.